The fourth-order valence-electron chi connectivity index (χ4n) is 2.79. The Hall–Kier alpha value is -1.29. The van der Waals surface area contributed by atoms with Crippen LogP contribution in [0, 0.1) is 0 Å². The first-order valence-electron chi connectivity index (χ1n) is 6.92. The van der Waals surface area contributed by atoms with Crippen LogP contribution in [0.15, 0.2) is 18.3 Å². The zero-order chi connectivity index (χ0) is 12.5. The number of piperidine rings is 1. The SMILES string of the molecule is CN(C(=O)c1cccn1C1CCNCC1)C1CC1. The fraction of sp³-hybridized carbons (Fsp3) is 0.643. The summed E-state index contributed by atoms with van der Waals surface area (Å²) in [6.07, 6.45) is 6.61. The lowest BCUT2D eigenvalue weighted by Gasteiger charge is -2.27. The molecule has 1 aromatic heterocycles. The zero-order valence-corrected chi connectivity index (χ0v) is 10.9. The van der Waals surface area contributed by atoms with Gasteiger partial charge in [0.1, 0.15) is 5.69 Å². The number of aromatic nitrogens is 1. The molecule has 1 amide bonds. The summed E-state index contributed by atoms with van der Waals surface area (Å²) < 4.78 is 2.18. The fourth-order valence-corrected chi connectivity index (χ4v) is 2.79. The molecular formula is C14H21N3O. The average Bonchev–Trinajstić information content (AvgIpc) is 3.15. The monoisotopic (exact) mass is 247 g/mol. The van der Waals surface area contributed by atoms with Gasteiger partial charge < -0.3 is 14.8 Å². The second-order valence-electron chi connectivity index (χ2n) is 5.43. The molecule has 0 bridgehead atoms. The molecule has 4 nitrogen and oxygen atoms in total. The number of rotatable bonds is 3. The summed E-state index contributed by atoms with van der Waals surface area (Å²) in [5.74, 6) is 0.182. The zero-order valence-electron chi connectivity index (χ0n) is 10.9. The molecule has 0 aromatic carbocycles. The highest BCUT2D eigenvalue weighted by Crippen LogP contribution is 2.28. The van der Waals surface area contributed by atoms with Crippen LogP contribution in [0.3, 0.4) is 0 Å². The van der Waals surface area contributed by atoms with Gasteiger partial charge >= 0.3 is 0 Å². The van der Waals surface area contributed by atoms with Crippen molar-refractivity contribution in [2.75, 3.05) is 20.1 Å². The highest BCUT2D eigenvalue weighted by molar-refractivity contribution is 5.93. The van der Waals surface area contributed by atoms with Gasteiger partial charge in [-0.15, -0.1) is 0 Å². The Morgan fingerprint density at radius 3 is 2.72 bits per heavy atom. The van der Waals surface area contributed by atoms with Gasteiger partial charge in [-0.1, -0.05) is 0 Å². The van der Waals surface area contributed by atoms with E-state index in [4.69, 9.17) is 0 Å². The number of nitrogens with one attached hydrogen (secondary N) is 1. The van der Waals surface area contributed by atoms with Crippen molar-refractivity contribution in [2.24, 2.45) is 0 Å². The summed E-state index contributed by atoms with van der Waals surface area (Å²) in [6.45, 7) is 2.10. The highest BCUT2D eigenvalue weighted by Gasteiger charge is 2.31. The summed E-state index contributed by atoms with van der Waals surface area (Å²) in [4.78, 5) is 14.3. The van der Waals surface area contributed by atoms with Gasteiger partial charge in [-0.25, -0.2) is 0 Å². The van der Waals surface area contributed by atoms with Crippen LogP contribution in [0.2, 0.25) is 0 Å². The predicted molar refractivity (Wildman–Crippen MR) is 70.7 cm³/mol. The molecule has 1 N–H and O–H groups in total. The minimum absolute atomic E-state index is 0.182. The Balaban J connectivity index is 1.79. The Morgan fingerprint density at radius 2 is 2.06 bits per heavy atom. The smallest absolute Gasteiger partial charge is 0.270 e. The Labute approximate surface area is 108 Å². The third-order valence-electron chi connectivity index (χ3n) is 4.12. The molecule has 18 heavy (non-hydrogen) atoms. The lowest BCUT2D eigenvalue weighted by molar-refractivity contribution is 0.0770. The Kier molecular flexibility index (Phi) is 3.12. The van der Waals surface area contributed by atoms with Crippen molar-refractivity contribution in [3.05, 3.63) is 24.0 Å². The molecule has 2 fully saturated rings. The van der Waals surface area contributed by atoms with E-state index in [1.807, 2.05) is 24.1 Å². The molecule has 2 heterocycles. The van der Waals surface area contributed by atoms with Gasteiger partial charge in [0.15, 0.2) is 0 Å². The van der Waals surface area contributed by atoms with Crippen LogP contribution in [0.25, 0.3) is 0 Å². The molecule has 2 aliphatic rings. The first-order valence-corrected chi connectivity index (χ1v) is 6.92. The van der Waals surface area contributed by atoms with E-state index in [1.54, 1.807) is 0 Å². The molecule has 1 saturated heterocycles. The highest BCUT2D eigenvalue weighted by atomic mass is 16.2. The second kappa shape index (κ2) is 4.76. The van der Waals surface area contributed by atoms with Gasteiger partial charge in [-0.2, -0.15) is 0 Å². The predicted octanol–water partition coefficient (Wildman–Crippen LogP) is 1.65. The molecule has 0 unspecified atom stereocenters. The molecule has 1 saturated carbocycles. The summed E-state index contributed by atoms with van der Waals surface area (Å²) in [5, 5.41) is 3.37. The van der Waals surface area contributed by atoms with E-state index < -0.39 is 0 Å². The molecule has 0 atom stereocenters. The van der Waals surface area contributed by atoms with E-state index in [1.165, 1.54) is 0 Å². The van der Waals surface area contributed by atoms with Gasteiger partial charge in [0.2, 0.25) is 0 Å². The van der Waals surface area contributed by atoms with Crippen LogP contribution in [-0.2, 0) is 0 Å². The maximum atomic E-state index is 12.4. The van der Waals surface area contributed by atoms with Gasteiger partial charge in [-0.05, 0) is 50.9 Å². The minimum Gasteiger partial charge on any atom is -0.340 e. The number of amides is 1. The van der Waals surface area contributed by atoms with E-state index in [2.05, 4.69) is 16.1 Å². The summed E-state index contributed by atoms with van der Waals surface area (Å²) in [6, 6.07) is 4.92. The van der Waals surface area contributed by atoms with Gasteiger partial charge in [0.05, 0.1) is 0 Å². The maximum Gasteiger partial charge on any atom is 0.270 e. The first kappa shape index (κ1) is 11.8. The summed E-state index contributed by atoms with van der Waals surface area (Å²) in [7, 11) is 1.93. The van der Waals surface area contributed by atoms with Crippen molar-refractivity contribution < 1.29 is 4.79 Å². The number of hydrogen-bond acceptors (Lipinski definition) is 2. The van der Waals surface area contributed by atoms with Crippen LogP contribution in [0.5, 0.6) is 0 Å². The van der Waals surface area contributed by atoms with E-state index in [0.29, 0.717) is 12.1 Å². The number of carbonyl (C=O) groups is 1. The second-order valence-corrected chi connectivity index (χ2v) is 5.43. The first-order chi connectivity index (χ1) is 8.77. The van der Waals surface area contributed by atoms with Crippen LogP contribution in [0.4, 0.5) is 0 Å². The van der Waals surface area contributed by atoms with Crippen molar-refractivity contribution in [3.8, 4) is 0 Å². The van der Waals surface area contributed by atoms with Crippen molar-refractivity contribution in [1.82, 2.24) is 14.8 Å². The van der Waals surface area contributed by atoms with Gasteiger partial charge in [-0.3, -0.25) is 4.79 Å². The summed E-state index contributed by atoms with van der Waals surface area (Å²) in [5.41, 5.74) is 0.858. The van der Waals surface area contributed by atoms with Crippen molar-refractivity contribution in [3.63, 3.8) is 0 Å². The lowest BCUT2D eigenvalue weighted by atomic mass is 10.1. The molecule has 4 heteroatoms. The van der Waals surface area contributed by atoms with Crippen LogP contribution in [0.1, 0.15) is 42.2 Å². The topological polar surface area (TPSA) is 37.3 Å². The van der Waals surface area contributed by atoms with Gasteiger partial charge in [0, 0.05) is 25.3 Å². The molecule has 1 aliphatic carbocycles. The molecule has 98 valence electrons. The summed E-state index contributed by atoms with van der Waals surface area (Å²) >= 11 is 0. The maximum absolute atomic E-state index is 12.4. The lowest BCUT2D eigenvalue weighted by Crippen LogP contribution is -2.34. The largest absolute Gasteiger partial charge is 0.340 e. The average molecular weight is 247 g/mol. The van der Waals surface area contributed by atoms with E-state index in [-0.39, 0.29) is 5.91 Å². The third kappa shape index (κ3) is 2.17. The van der Waals surface area contributed by atoms with Crippen molar-refractivity contribution in [2.45, 2.75) is 37.8 Å². The molecule has 1 aliphatic heterocycles. The van der Waals surface area contributed by atoms with Crippen LogP contribution < -0.4 is 5.32 Å². The van der Waals surface area contributed by atoms with Crippen LogP contribution >= 0.6 is 0 Å². The molecule has 3 rings (SSSR count). The standard InChI is InChI=1S/C14H21N3O/c1-16(11-4-5-11)14(18)13-3-2-10-17(13)12-6-8-15-9-7-12/h2-3,10-12,15H,4-9H2,1H3. The quantitative estimate of drug-likeness (QED) is 0.882. The normalized spacial score (nSPS) is 20.9. The molecule has 0 radical (unpaired) electrons. The molecule has 0 spiro atoms. The van der Waals surface area contributed by atoms with E-state index >= 15 is 0 Å². The third-order valence-corrected chi connectivity index (χ3v) is 4.12. The van der Waals surface area contributed by atoms with E-state index in [9.17, 15) is 4.79 Å². The molecular weight excluding hydrogens is 226 g/mol. The Morgan fingerprint density at radius 1 is 1.33 bits per heavy atom. The minimum atomic E-state index is 0.182. The Bertz CT molecular complexity index is 430. The van der Waals surface area contributed by atoms with Crippen molar-refractivity contribution in [1.29, 1.82) is 0 Å². The number of nitrogens with zero attached hydrogens (tertiary/aromatic N) is 2. The van der Waals surface area contributed by atoms with Crippen molar-refractivity contribution >= 4 is 5.91 Å². The number of hydrogen-bond donors (Lipinski definition) is 1. The number of carbonyl (C=O) groups excluding carboxylic acids is 1. The molecule has 1 aromatic rings. The van der Waals surface area contributed by atoms with Crippen LogP contribution in [-0.4, -0.2) is 41.6 Å². The van der Waals surface area contributed by atoms with Gasteiger partial charge in [0.25, 0.3) is 5.91 Å². The van der Waals surface area contributed by atoms with E-state index in [0.717, 1.165) is 44.5 Å².